The van der Waals surface area contributed by atoms with E-state index in [1.54, 1.807) is 6.20 Å². The third-order valence-electron chi connectivity index (χ3n) is 3.52. The fraction of sp³-hybridized carbons (Fsp3) is 0.417. The molecule has 2 heterocycles. The third kappa shape index (κ3) is 1.21. The predicted octanol–water partition coefficient (Wildman–Crippen LogP) is 3.94. The molecule has 2 aliphatic rings. The van der Waals surface area contributed by atoms with Crippen LogP contribution in [0.4, 0.5) is 0 Å². The van der Waals surface area contributed by atoms with Gasteiger partial charge in [0.2, 0.25) is 0 Å². The maximum atomic E-state index is 6.02. The van der Waals surface area contributed by atoms with Crippen molar-refractivity contribution in [1.29, 1.82) is 0 Å². The summed E-state index contributed by atoms with van der Waals surface area (Å²) in [4.78, 5) is 4.50. The Morgan fingerprint density at radius 2 is 2.27 bits per heavy atom. The summed E-state index contributed by atoms with van der Waals surface area (Å²) >= 11 is 7.90. The van der Waals surface area contributed by atoms with Gasteiger partial charge in [-0.1, -0.05) is 31.5 Å². The van der Waals surface area contributed by atoms with E-state index in [0.717, 1.165) is 5.02 Å². The van der Waals surface area contributed by atoms with E-state index in [1.165, 1.54) is 11.3 Å². The highest BCUT2D eigenvalue weighted by atomic mass is 35.5. The SMILES string of the molecule is CC1(C)c2cc(Cl)cnc2C2SC=CC21. The van der Waals surface area contributed by atoms with Gasteiger partial charge in [0.1, 0.15) is 0 Å². The molecule has 1 aliphatic heterocycles. The molecule has 15 heavy (non-hydrogen) atoms. The summed E-state index contributed by atoms with van der Waals surface area (Å²) in [6, 6.07) is 2.08. The summed E-state index contributed by atoms with van der Waals surface area (Å²) < 4.78 is 0. The standard InChI is InChI=1S/C12H12ClNS/c1-12(2)8-3-4-15-11(8)10-9(12)5-7(13)6-14-10/h3-6,8,11H,1-2H3. The highest BCUT2D eigenvalue weighted by molar-refractivity contribution is 8.02. The summed E-state index contributed by atoms with van der Waals surface area (Å²) in [5.74, 6) is 0.573. The van der Waals surface area contributed by atoms with Crippen LogP contribution in [0, 0.1) is 5.92 Å². The van der Waals surface area contributed by atoms with Gasteiger partial charge in [0.15, 0.2) is 0 Å². The maximum absolute atomic E-state index is 6.02. The predicted molar refractivity (Wildman–Crippen MR) is 65.2 cm³/mol. The molecule has 78 valence electrons. The van der Waals surface area contributed by atoms with Crippen LogP contribution in [0.1, 0.15) is 30.4 Å². The molecule has 3 heteroatoms. The minimum atomic E-state index is 0.165. The molecule has 3 rings (SSSR count). The maximum Gasteiger partial charge on any atom is 0.0592 e. The van der Waals surface area contributed by atoms with Crippen LogP contribution in [0.5, 0.6) is 0 Å². The molecule has 0 fully saturated rings. The summed E-state index contributed by atoms with van der Waals surface area (Å²) in [5, 5.41) is 3.46. The Hall–Kier alpha value is -0.470. The first-order valence-electron chi connectivity index (χ1n) is 5.09. The van der Waals surface area contributed by atoms with Crippen molar-refractivity contribution in [2.75, 3.05) is 0 Å². The Morgan fingerprint density at radius 1 is 1.47 bits per heavy atom. The topological polar surface area (TPSA) is 12.9 Å². The fourth-order valence-corrected chi connectivity index (χ4v) is 4.13. The first-order chi connectivity index (χ1) is 7.10. The molecule has 0 saturated carbocycles. The molecule has 1 nitrogen and oxygen atoms in total. The van der Waals surface area contributed by atoms with E-state index in [2.05, 4.69) is 36.4 Å². The Balaban J connectivity index is 2.22. The van der Waals surface area contributed by atoms with Crippen LogP contribution >= 0.6 is 23.4 Å². The molecule has 2 atom stereocenters. The largest absolute Gasteiger partial charge is 0.258 e. The molecule has 0 spiro atoms. The van der Waals surface area contributed by atoms with E-state index in [0.29, 0.717) is 11.2 Å². The number of rotatable bonds is 0. The van der Waals surface area contributed by atoms with E-state index in [4.69, 9.17) is 11.6 Å². The number of allylic oxidation sites excluding steroid dienone is 1. The number of nitrogens with zero attached hydrogens (tertiary/aromatic N) is 1. The zero-order valence-corrected chi connectivity index (χ0v) is 10.3. The Morgan fingerprint density at radius 3 is 3.07 bits per heavy atom. The van der Waals surface area contributed by atoms with Gasteiger partial charge in [-0.05, 0) is 22.5 Å². The van der Waals surface area contributed by atoms with E-state index in [1.807, 2.05) is 11.8 Å². The molecule has 0 N–H and O–H groups in total. The normalized spacial score (nSPS) is 30.3. The lowest BCUT2D eigenvalue weighted by molar-refractivity contribution is 0.418. The van der Waals surface area contributed by atoms with Gasteiger partial charge in [-0.3, -0.25) is 4.98 Å². The zero-order chi connectivity index (χ0) is 10.6. The molecule has 0 radical (unpaired) electrons. The number of thioether (sulfide) groups is 1. The summed E-state index contributed by atoms with van der Waals surface area (Å²) in [5.41, 5.74) is 2.71. The highest BCUT2D eigenvalue weighted by Crippen LogP contribution is 2.58. The number of hydrogen-bond acceptors (Lipinski definition) is 2. The van der Waals surface area contributed by atoms with Gasteiger partial charge in [-0.15, -0.1) is 11.8 Å². The molecule has 0 saturated heterocycles. The van der Waals surface area contributed by atoms with Crippen molar-refractivity contribution >= 4 is 23.4 Å². The van der Waals surface area contributed by atoms with E-state index >= 15 is 0 Å². The molecule has 2 unspecified atom stereocenters. The van der Waals surface area contributed by atoms with Gasteiger partial charge in [0.05, 0.1) is 16.0 Å². The van der Waals surface area contributed by atoms with Crippen LogP contribution in [0.25, 0.3) is 0 Å². The van der Waals surface area contributed by atoms with Crippen molar-refractivity contribution in [1.82, 2.24) is 4.98 Å². The van der Waals surface area contributed by atoms with Gasteiger partial charge < -0.3 is 0 Å². The molecule has 1 aromatic heterocycles. The molecular weight excluding hydrogens is 226 g/mol. The lowest BCUT2D eigenvalue weighted by Crippen LogP contribution is -2.22. The number of fused-ring (bicyclic) bond motifs is 3. The van der Waals surface area contributed by atoms with Crippen LogP contribution in [0.3, 0.4) is 0 Å². The van der Waals surface area contributed by atoms with Gasteiger partial charge in [-0.25, -0.2) is 0 Å². The van der Waals surface area contributed by atoms with Crippen molar-refractivity contribution < 1.29 is 0 Å². The second-order valence-corrected chi connectivity index (χ2v) is 6.21. The lowest BCUT2D eigenvalue weighted by atomic mass is 9.79. The number of hydrogen-bond donors (Lipinski definition) is 0. The molecule has 0 aromatic carbocycles. The van der Waals surface area contributed by atoms with Crippen LogP contribution in [-0.2, 0) is 5.41 Å². The monoisotopic (exact) mass is 237 g/mol. The summed E-state index contributed by atoms with van der Waals surface area (Å²) in [6.07, 6.45) is 4.07. The number of pyridine rings is 1. The minimum Gasteiger partial charge on any atom is -0.258 e. The molecule has 0 bridgehead atoms. The van der Waals surface area contributed by atoms with Gasteiger partial charge >= 0.3 is 0 Å². The molecule has 1 aromatic rings. The van der Waals surface area contributed by atoms with Gasteiger partial charge in [-0.2, -0.15) is 0 Å². The first kappa shape index (κ1) is 9.73. The van der Waals surface area contributed by atoms with Crippen LogP contribution in [0.15, 0.2) is 23.7 Å². The second-order valence-electron chi connectivity index (χ2n) is 4.72. The zero-order valence-electron chi connectivity index (χ0n) is 8.70. The lowest BCUT2D eigenvalue weighted by Gasteiger charge is -2.25. The average molecular weight is 238 g/mol. The third-order valence-corrected chi connectivity index (χ3v) is 4.85. The average Bonchev–Trinajstić information content (AvgIpc) is 2.72. The van der Waals surface area contributed by atoms with Crippen LogP contribution in [-0.4, -0.2) is 4.98 Å². The Kier molecular flexibility index (Phi) is 1.96. The molecular formula is C12H12ClNS. The Bertz CT molecular complexity index is 453. The van der Waals surface area contributed by atoms with Gasteiger partial charge in [0.25, 0.3) is 0 Å². The molecule has 1 aliphatic carbocycles. The van der Waals surface area contributed by atoms with Crippen LogP contribution in [0.2, 0.25) is 5.02 Å². The van der Waals surface area contributed by atoms with E-state index < -0.39 is 0 Å². The van der Waals surface area contributed by atoms with Crippen molar-refractivity contribution in [3.63, 3.8) is 0 Å². The van der Waals surface area contributed by atoms with Crippen molar-refractivity contribution in [2.45, 2.75) is 24.5 Å². The smallest absolute Gasteiger partial charge is 0.0592 e. The van der Waals surface area contributed by atoms with Gasteiger partial charge in [0, 0.05) is 12.1 Å². The first-order valence-corrected chi connectivity index (χ1v) is 6.41. The van der Waals surface area contributed by atoms with Crippen molar-refractivity contribution in [2.24, 2.45) is 5.92 Å². The highest BCUT2D eigenvalue weighted by Gasteiger charge is 2.47. The van der Waals surface area contributed by atoms with E-state index in [9.17, 15) is 0 Å². The second kappa shape index (κ2) is 3.02. The quantitative estimate of drug-likeness (QED) is 0.678. The summed E-state index contributed by atoms with van der Waals surface area (Å²) in [6.45, 7) is 4.56. The fourth-order valence-electron chi connectivity index (χ4n) is 2.63. The minimum absolute atomic E-state index is 0.165. The number of halogens is 1. The molecule has 0 amide bonds. The summed E-state index contributed by atoms with van der Waals surface area (Å²) in [7, 11) is 0. The van der Waals surface area contributed by atoms with Crippen molar-refractivity contribution in [3.05, 3.63) is 40.0 Å². The van der Waals surface area contributed by atoms with Crippen molar-refractivity contribution in [3.8, 4) is 0 Å². The Labute approximate surface area is 98.9 Å². The number of aromatic nitrogens is 1. The van der Waals surface area contributed by atoms with E-state index in [-0.39, 0.29) is 5.41 Å². The van der Waals surface area contributed by atoms with Crippen LogP contribution < -0.4 is 0 Å².